The third-order valence-electron chi connectivity index (χ3n) is 9.89. The Morgan fingerprint density at radius 3 is 2.95 bits per heavy atom. The van der Waals surface area contributed by atoms with Gasteiger partial charge in [0.1, 0.15) is 30.0 Å². The molecule has 222 valence electrons. The summed E-state index contributed by atoms with van der Waals surface area (Å²) in [5, 5.41) is 0.550. The minimum Gasteiger partial charge on any atom is -0.461 e. The maximum atomic E-state index is 15.9. The van der Waals surface area contributed by atoms with Crippen LogP contribution in [0.5, 0.6) is 6.01 Å². The standard InChI is InChI=1S/C30H36BrClF2N4O3/c1-18-4-6-30(25-24(18)22(32)12-21(31)26(25)34)14-23-20(16-41-30)27(37-7-3-10-39-11-9-37)36-28(35-23)40-17-29-5-2-8-38(29)15-19(33)13-29/h12,18-19H,2-11,13-17H2,1H3/t18?,19-,29+,30?/m1/s1. The van der Waals surface area contributed by atoms with Crippen molar-refractivity contribution < 1.29 is 23.0 Å². The molecule has 0 radical (unpaired) electrons. The molecule has 2 unspecified atom stereocenters. The van der Waals surface area contributed by atoms with E-state index in [1.807, 2.05) is 0 Å². The molecule has 7 rings (SSSR count). The van der Waals surface area contributed by atoms with Crippen LogP contribution < -0.4 is 9.64 Å². The lowest BCUT2D eigenvalue weighted by atomic mass is 9.71. The van der Waals surface area contributed by atoms with Crippen molar-refractivity contribution in [1.82, 2.24) is 14.9 Å². The van der Waals surface area contributed by atoms with Gasteiger partial charge < -0.3 is 19.1 Å². The first-order valence-corrected chi connectivity index (χ1v) is 16.0. The molecule has 4 aliphatic heterocycles. The second kappa shape index (κ2) is 10.8. The molecule has 0 N–H and O–H groups in total. The fraction of sp³-hybridized carbons (Fsp3) is 0.667. The molecule has 1 aromatic heterocycles. The summed E-state index contributed by atoms with van der Waals surface area (Å²) in [5.74, 6) is 0.586. The number of aromatic nitrogens is 2. The quantitative estimate of drug-likeness (QED) is 0.371. The van der Waals surface area contributed by atoms with Crippen LogP contribution >= 0.6 is 27.5 Å². The van der Waals surface area contributed by atoms with Crippen LogP contribution in [0.25, 0.3) is 0 Å². The Balaban J connectivity index is 1.27. The Hall–Kier alpha value is -1.59. The van der Waals surface area contributed by atoms with Gasteiger partial charge in [0.05, 0.1) is 28.9 Å². The van der Waals surface area contributed by atoms with Crippen LogP contribution in [0.2, 0.25) is 5.02 Å². The van der Waals surface area contributed by atoms with E-state index in [0.717, 1.165) is 61.4 Å². The number of rotatable bonds is 4. The lowest BCUT2D eigenvalue weighted by Gasteiger charge is -2.44. The molecule has 3 saturated heterocycles. The molecular formula is C30H36BrClF2N4O3. The molecule has 1 aromatic carbocycles. The van der Waals surface area contributed by atoms with E-state index in [4.69, 9.17) is 35.8 Å². The molecule has 4 atom stereocenters. The second-order valence-corrected chi connectivity index (χ2v) is 13.7. The van der Waals surface area contributed by atoms with Gasteiger partial charge in [-0.15, -0.1) is 0 Å². The highest BCUT2D eigenvalue weighted by molar-refractivity contribution is 9.10. The Morgan fingerprint density at radius 2 is 2.07 bits per heavy atom. The van der Waals surface area contributed by atoms with Crippen LogP contribution in [0.15, 0.2) is 10.5 Å². The van der Waals surface area contributed by atoms with Gasteiger partial charge in [0.15, 0.2) is 0 Å². The van der Waals surface area contributed by atoms with Gasteiger partial charge in [-0.05, 0) is 72.1 Å². The van der Waals surface area contributed by atoms with Gasteiger partial charge >= 0.3 is 6.01 Å². The number of hydrogen-bond acceptors (Lipinski definition) is 7. The van der Waals surface area contributed by atoms with Gasteiger partial charge in [-0.25, -0.2) is 8.78 Å². The average molecular weight is 654 g/mol. The van der Waals surface area contributed by atoms with E-state index >= 15 is 4.39 Å². The number of alkyl halides is 1. The summed E-state index contributed by atoms with van der Waals surface area (Å²) in [7, 11) is 0. The maximum absolute atomic E-state index is 15.9. The number of hydrogen-bond donors (Lipinski definition) is 0. The number of nitrogens with zero attached hydrogens (tertiary/aromatic N) is 4. The van der Waals surface area contributed by atoms with E-state index in [9.17, 15) is 4.39 Å². The zero-order valence-electron chi connectivity index (χ0n) is 23.4. The van der Waals surface area contributed by atoms with E-state index < -0.39 is 11.8 Å². The van der Waals surface area contributed by atoms with E-state index in [0.29, 0.717) is 73.2 Å². The first-order valence-electron chi connectivity index (χ1n) is 14.8. The Morgan fingerprint density at radius 1 is 1.20 bits per heavy atom. The molecule has 41 heavy (non-hydrogen) atoms. The van der Waals surface area contributed by atoms with Crippen molar-refractivity contribution in [3.63, 3.8) is 0 Å². The van der Waals surface area contributed by atoms with Gasteiger partial charge in [0.25, 0.3) is 0 Å². The van der Waals surface area contributed by atoms with E-state index in [1.165, 1.54) is 0 Å². The topological polar surface area (TPSA) is 60.0 Å². The lowest BCUT2D eigenvalue weighted by molar-refractivity contribution is -0.0894. The summed E-state index contributed by atoms with van der Waals surface area (Å²) in [6, 6.07) is 1.94. The van der Waals surface area contributed by atoms with Crippen LogP contribution in [0.1, 0.15) is 73.8 Å². The van der Waals surface area contributed by atoms with Crippen molar-refractivity contribution in [2.75, 3.05) is 50.9 Å². The summed E-state index contributed by atoms with van der Waals surface area (Å²) in [5.41, 5.74) is 1.90. The minimum absolute atomic E-state index is 0.118. The Labute approximate surface area is 253 Å². The van der Waals surface area contributed by atoms with Gasteiger partial charge in [0.2, 0.25) is 0 Å². The first-order chi connectivity index (χ1) is 19.8. The van der Waals surface area contributed by atoms with E-state index in [1.54, 1.807) is 6.07 Å². The van der Waals surface area contributed by atoms with E-state index in [-0.39, 0.29) is 23.9 Å². The maximum Gasteiger partial charge on any atom is 0.318 e. The third-order valence-corrected chi connectivity index (χ3v) is 10.8. The SMILES string of the molecule is CC1CCC2(Cc3nc(OC[C@@]45CCCN4C[C@H](F)C5)nc(N4CCCOCC4)c3CO2)c2c(F)c(Br)cc(Cl)c21. The van der Waals surface area contributed by atoms with Crippen LogP contribution in [-0.4, -0.2) is 72.6 Å². The molecule has 5 aliphatic rings. The number of anilines is 1. The number of halogens is 4. The normalized spacial score (nSPS) is 31.6. The Bertz CT molecular complexity index is 1350. The summed E-state index contributed by atoms with van der Waals surface area (Å²) < 4.78 is 49.4. The third kappa shape index (κ3) is 4.86. The summed E-state index contributed by atoms with van der Waals surface area (Å²) in [6.45, 7) is 6.89. The van der Waals surface area contributed by atoms with Crippen LogP contribution in [0, 0.1) is 5.82 Å². The van der Waals surface area contributed by atoms with Gasteiger partial charge in [-0.1, -0.05) is 18.5 Å². The fourth-order valence-electron chi connectivity index (χ4n) is 7.83. The van der Waals surface area contributed by atoms with Gasteiger partial charge in [-0.2, -0.15) is 9.97 Å². The summed E-state index contributed by atoms with van der Waals surface area (Å²) in [6.07, 6.45) is 4.38. The Kier molecular flexibility index (Phi) is 7.46. The smallest absolute Gasteiger partial charge is 0.318 e. The lowest BCUT2D eigenvalue weighted by Crippen LogP contribution is -2.44. The van der Waals surface area contributed by atoms with Crippen molar-refractivity contribution in [1.29, 1.82) is 0 Å². The van der Waals surface area contributed by atoms with Crippen molar-refractivity contribution in [2.45, 2.75) is 81.7 Å². The largest absolute Gasteiger partial charge is 0.461 e. The predicted octanol–water partition coefficient (Wildman–Crippen LogP) is 6.08. The number of ether oxygens (including phenoxy) is 3. The highest BCUT2D eigenvalue weighted by Gasteiger charge is 2.50. The molecule has 7 nitrogen and oxygen atoms in total. The van der Waals surface area contributed by atoms with E-state index in [2.05, 4.69) is 32.7 Å². The highest BCUT2D eigenvalue weighted by atomic mass is 79.9. The molecule has 1 aliphatic carbocycles. The molecule has 0 saturated carbocycles. The molecule has 0 bridgehead atoms. The molecule has 2 aromatic rings. The summed E-state index contributed by atoms with van der Waals surface area (Å²) >= 11 is 10.1. The van der Waals surface area contributed by atoms with Crippen LogP contribution in [-0.2, 0) is 28.1 Å². The minimum atomic E-state index is -0.884. The predicted molar refractivity (Wildman–Crippen MR) is 155 cm³/mol. The van der Waals surface area contributed by atoms with Gasteiger partial charge in [0, 0.05) is 55.2 Å². The molecule has 0 amide bonds. The van der Waals surface area contributed by atoms with Crippen LogP contribution in [0.4, 0.5) is 14.6 Å². The monoisotopic (exact) mass is 652 g/mol. The molecule has 5 heterocycles. The molecule has 1 spiro atoms. The number of benzene rings is 1. The highest BCUT2D eigenvalue weighted by Crippen LogP contribution is 2.53. The fourth-order valence-corrected chi connectivity index (χ4v) is 8.78. The van der Waals surface area contributed by atoms with Crippen molar-refractivity contribution >= 4 is 33.3 Å². The van der Waals surface area contributed by atoms with Crippen molar-refractivity contribution in [2.24, 2.45) is 0 Å². The average Bonchev–Trinajstić information content (AvgIpc) is 3.33. The van der Waals surface area contributed by atoms with Crippen molar-refractivity contribution in [3.8, 4) is 6.01 Å². The van der Waals surface area contributed by atoms with Gasteiger partial charge in [-0.3, -0.25) is 4.90 Å². The first kappa shape index (κ1) is 28.2. The zero-order valence-corrected chi connectivity index (χ0v) is 25.7. The zero-order chi connectivity index (χ0) is 28.4. The van der Waals surface area contributed by atoms with Crippen molar-refractivity contribution in [3.05, 3.63) is 43.8 Å². The molecular weight excluding hydrogens is 618 g/mol. The van der Waals surface area contributed by atoms with Crippen LogP contribution in [0.3, 0.4) is 0 Å². The summed E-state index contributed by atoms with van der Waals surface area (Å²) in [4.78, 5) is 14.3. The number of fused-ring (bicyclic) bond motifs is 4. The molecule has 11 heteroatoms. The second-order valence-electron chi connectivity index (χ2n) is 12.4. The molecule has 3 fully saturated rings.